The number of hydrogen-bond donors (Lipinski definition) is 2. The first kappa shape index (κ1) is 12.6. The van der Waals surface area contributed by atoms with Crippen LogP contribution < -0.4 is 11.1 Å². The Labute approximate surface area is 104 Å². The summed E-state index contributed by atoms with van der Waals surface area (Å²) in [5.41, 5.74) is 6.06. The molecule has 0 aliphatic carbocycles. The van der Waals surface area contributed by atoms with Crippen molar-refractivity contribution in [1.29, 1.82) is 0 Å². The second-order valence-electron chi connectivity index (χ2n) is 4.28. The minimum atomic E-state index is -2.95. The predicted molar refractivity (Wildman–Crippen MR) is 68.2 cm³/mol. The van der Waals surface area contributed by atoms with Gasteiger partial charge >= 0.3 is 0 Å². The van der Waals surface area contributed by atoms with Crippen molar-refractivity contribution in [3.05, 3.63) is 28.3 Å². The fourth-order valence-electron chi connectivity index (χ4n) is 1.96. The average molecular weight is 271 g/mol. The number of nitro groups is 1. The van der Waals surface area contributed by atoms with Crippen LogP contribution in [0.5, 0.6) is 0 Å². The lowest BCUT2D eigenvalue weighted by atomic mass is 10.2. The summed E-state index contributed by atoms with van der Waals surface area (Å²) in [7, 11) is -2.95. The quantitative estimate of drug-likeness (QED) is 0.476. The number of nitrogens with two attached hydrogens (primary N) is 1. The molecule has 1 aromatic carbocycles. The van der Waals surface area contributed by atoms with Gasteiger partial charge in [0.25, 0.3) is 5.69 Å². The zero-order valence-corrected chi connectivity index (χ0v) is 10.3. The topological polar surface area (TPSA) is 115 Å². The number of hydrogen-bond acceptors (Lipinski definition) is 6. The summed E-state index contributed by atoms with van der Waals surface area (Å²) in [5.74, 6) is 0.261. The van der Waals surface area contributed by atoms with Gasteiger partial charge in [-0.3, -0.25) is 10.1 Å². The molecule has 0 aromatic heterocycles. The normalized spacial score (nSPS) is 21.7. The smallest absolute Gasteiger partial charge is 0.292 e. The third-order valence-electron chi connectivity index (χ3n) is 2.83. The van der Waals surface area contributed by atoms with Crippen LogP contribution in [0.25, 0.3) is 0 Å². The van der Waals surface area contributed by atoms with E-state index in [4.69, 9.17) is 5.73 Å². The van der Waals surface area contributed by atoms with E-state index in [9.17, 15) is 18.5 Å². The maximum absolute atomic E-state index is 11.3. The van der Waals surface area contributed by atoms with Crippen LogP contribution in [0.3, 0.4) is 0 Å². The molecule has 1 fully saturated rings. The molecule has 1 saturated heterocycles. The van der Waals surface area contributed by atoms with E-state index < -0.39 is 14.8 Å². The molecular formula is C10H13N3O4S. The van der Waals surface area contributed by atoms with Crippen LogP contribution in [0.15, 0.2) is 18.2 Å². The SMILES string of the molecule is Nc1cc(NC2CCS(=O)(=O)C2)ccc1[N+](=O)[O-]. The number of benzene rings is 1. The van der Waals surface area contributed by atoms with Gasteiger partial charge in [-0.05, 0) is 18.6 Å². The minimum Gasteiger partial charge on any atom is -0.393 e. The average Bonchev–Trinajstić information content (AvgIpc) is 2.57. The first-order chi connectivity index (χ1) is 8.37. The van der Waals surface area contributed by atoms with Crippen LogP contribution in [0, 0.1) is 10.1 Å². The zero-order chi connectivity index (χ0) is 13.3. The van der Waals surface area contributed by atoms with Crippen molar-refractivity contribution in [2.24, 2.45) is 0 Å². The molecule has 8 heteroatoms. The van der Waals surface area contributed by atoms with Gasteiger partial charge in [0.15, 0.2) is 9.84 Å². The molecule has 0 saturated carbocycles. The molecule has 0 amide bonds. The summed E-state index contributed by atoms with van der Waals surface area (Å²) < 4.78 is 22.6. The van der Waals surface area contributed by atoms with Gasteiger partial charge in [0.1, 0.15) is 5.69 Å². The van der Waals surface area contributed by atoms with Gasteiger partial charge in [-0.1, -0.05) is 0 Å². The van der Waals surface area contributed by atoms with Crippen molar-refractivity contribution in [3.63, 3.8) is 0 Å². The highest BCUT2D eigenvalue weighted by molar-refractivity contribution is 7.91. The standard InChI is InChI=1S/C10H13N3O4S/c11-9-5-7(1-2-10(9)13(14)15)12-8-3-4-18(16,17)6-8/h1-2,5,8,12H,3-4,6,11H2. The van der Waals surface area contributed by atoms with E-state index in [1.54, 1.807) is 0 Å². The van der Waals surface area contributed by atoms with E-state index in [-0.39, 0.29) is 28.9 Å². The maximum atomic E-state index is 11.3. The first-order valence-corrected chi connectivity index (χ1v) is 7.20. The van der Waals surface area contributed by atoms with Crippen molar-refractivity contribution in [2.75, 3.05) is 22.6 Å². The predicted octanol–water partition coefficient (Wildman–Crippen LogP) is 0.776. The lowest BCUT2D eigenvalue weighted by Gasteiger charge is -2.12. The number of anilines is 2. The maximum Gasteiger partial charge on any atom is 0.292 e. The monoisotopic (exact) mass is 271 g/mol. The molecule has 0 spiro atoms. The molecule has 1 atom stereocenters. The zero-order valence-electron chi connectivity index (χ0n) is 9.50. The summed E-state index contributed by atoms with van der Waals surface area (Å²) in [6, 6.07) is 4.12. The molecular weight excluding hydrogens is 258 g/mol. The van der Waals surface area contributed by atoms with Crippen molar-refractivity contribution < 1.29 is 13.3 Å². The van der Waals surface area contributed by atoms with Crippen LogP contribution in [0.4, 0.5) is 17.1 Å². The largest absolute Gasteiger partial charge is 0.393 e. The van der Waals surface area contributed by atoms with E-state index in [0.29, 0.717) is 12.1 Å². The van der Waals surface area contributed by atoms with Crippen LogP contribution in [-0.4, -0.2) is 30.9 Å². The van der Waals surface area contributed by atoms with Crippen molar-refractivity contribution in [3.8, 4) is 0 Å². The molecule has 98 valence electrons. The van der Waals surface area contributed by atoms with E-state index in [0.717, 1.165) is 0 Å². The van der Waals surface area contributed by atoms with Crippen molar-refractivity contribution in [2.45, 2.75) is 12.5 Å². The highest BCUT2D eigenvalue weighted by atomic mass is 32.2. The van der Waals surface area contributed by atoms with Crippen LogP contribution in [0.1, 0.15) is 6.42 Å². The Kier molecular flexibility index (Phi) is 3.12. The molecule has 2 rings (SSSR count). The minimum absolute atomic E-state index is 0.0610. The van der Waals surface area contributed by atoms with Crippen molar-refractivity contribution >= 4 is 26.9 Å². The Bertz CT molecular complexity index is 585. The summed E-state index contributed by atoms with van der Waals surface area (Å²) in [6.45, 7) is 0. The number of nitrogens with one attached hydrogen (secondary N) is 1. The fraction of sp³-hybridized carbons (Fsp3) is 0.400. The summed E-state index contributed by atoms with van der Waals surface area (Å²) >= 11 is 0. The van der Waals surface area contributed by atoms with E-state index in [1.807, 2.05) is 0 Å². The molecule has 0 radical (unpaired) electrons. The lowest BCUT2D eigenvalue weighted by molar-refractivity contribution is -0.383. The second kappa shape index (κ2) is 4.45. The van der Waals surface area contributed by atoms with Gasteiger partial charge in [0.05, 0.1) is 16.4 Å². The molecule has 1 unspecified atom stereocenters. The Morgan fingerprint density at radius 2 is 2.17 bits per heavy atom. The summed E-state index contributed by atoms with van der Waals surface area (Å²) in [5, 5.41) is 13.6. The highest BCUT2D eigenvalue weighted by Gasteiger charge is 2.27. The number of nitro benzene ring substituents is 1. The molecule has 3 N–H and O–H groups in total. The molecule has 0 bridgehead atoms. The number of nitrogens with zero attached hydrogens (tertiary/aromatic N) is 1. The van der Waals surface area contributed by atoms with Gasteiger partial charge in [-0.2, -0.15) is 0 Å². The third-order valence-corrected chi connectivity index (χ3v) is 4.60. The fourth-order valence-corrected chi connectivity index (χ4v) is 3.63. The van der Waals surface area contributed by atoms with Gasteiger partial charge in [-0.15, -0.1) is 0 Å². The highest BCUT2D eigenvalue weighted by Crippen LogP contribution is 2.26. The van der Waals surface area contributed by atoms with Crippen LogP contribution in [-0.2, 0) is 9.84 Å². The first-order valence-electron chi connectivity index (χ1n) is 5.38. The van der Waals surface area contributed by atoms with Crippen LogP contribution in [0.2, 0.25) is 0 Å². The molecule has 7 nitrogen and oxygen atoms in total. The van der Waals surface area contributed by atoms with E-state index >= 15 is 0 Å². The Morgan fingerprint density at radius 1 is 1.44 bits per heavy atom. The van der Waals surface area contributed by atoms with Crippen LogP contribution >= 0.6 is 0 Å². The molecule has 18 heavy (non-hydrogen) atoms. The lowest BCUT2D eigenvalue weighted by Crippen LogP contribution is -2.20. The molecule has 1 aromatic rings. The van der Waals surface area contributed by atoms with E-state index in [1.165, 1.54) is 18.2 Å². The number of rotatable bonds is 3. The van der Waals surface area contributed by atoms with E-state index in [2.05, 4.69) is 5.32 Å². The summed E-state index contributed by atoms with van der Waals surface area (Å²) in [4.78, 5) is 10.0. The Balaban J connectivity index is 2.12. The number of sulfone groups is 1. The summed E-state index contributed by atoms with van der Waals surface area (Å²) in [6.07, 6.45) is 0.541. The Hall–Kier alpha value is -1.83. The third kappa shape index (κ3) is 2.70. The molecule has 1 heterocycles. The van der Waals surface area contributed by atoms with Gasteiger partial charge < -0.3 is 11.1 Å². The van der Waals surface area contributed by atoms with Gasteiger partial charge in [0, 0.05) is 17.8 Å². The molecule has 1 aliphatic heterocycles. The van der Waals surface area contributed by atoms with Gasteiger partial charge in [0.2, 0.25) is 0 Å². The van der Waals surface area contributed by atoms with Gasteiger partial charge in [-0.25, -0.2) is 8.42 Å². The van der Waals surface area contributed by atoms with Crippen molar-refractivity contribution in [1.82, 2.24) is 0 Å². The Morgan fingerprint density at radius 3 is 2.67 bits per heavy atom. The second-order valence-corrected chi connectivity index (χ2v) is 6.50. The molecule has 1 aliphatic rings. The number of nitrogen functional groups attached to an aromatic ring is 1.